The van der Waals surface area contributed by atoms with Crippen LogP contribution in [0.5, 0.6) is 0 Å². The van der Waals surface area contributed by atoms with Crippen molar-refractivity contribution in [2.45, 2.75) is 18.6 Å². The second-order valence-electron chi connectivity index (χ2n) is 8.88. The molecule has 1 aliphatic carbocycles. The first kappa shape index (κ1) is 20.6. The largest absolute Gasteiger partial charge is 0.349 e. The van der Waals surface area contributed by atoms with E-state index in [2.05, 4.69) is 0 Å². The highest BCUT2D eigenvalue weighted by Gasteiger charge is 2.74. The summed E-state index contributed by atoms with van der Waals surface area (Å²) in [5, 5.41) is 0. The van der Waals surface area contributed by atoms with E-state index in [4.69, 9.17) is 4.74 Å². The first-order valence-corrected chi connectivity index (χ1v) is 10.9. The van der Waals surface area contributed by atoms with Gasteiger partial charge in [0, 0.05) is 11.1 Å². The van der Waals surface area contributed by atoms with E-state index in [0.717, 1.165) is 10.5 Å². The van der Waals surface area contributed by atoms with E-state index in [0.29, 0.717) is 5.69 Å². The molecule has 2 fully saturated rings. The second-order valence-corrected chi connectivity index (χ2v) is 8.88. The van der Waals surface area contributed by atoms with Gasteiger partial charge in [0.15, 0.2) is 0 Å². The van der Waals surface area contributed by atoms with Gasteiger partial charge in [0.1, 0.15) is 5.82 Å². The molecule has 3 aliphatic rings. The Bertz CT molecular complexity index is 1380. The van der Waals surface area contributed by atoms with Gasteiger partial charge >= 0.3 is 0 Å². The minimum Gasteiger partial charge on any atom is -0.349 e. The van der Waals surface area contributed by atoms with Crippen molar-refractivity contribution >= 4 is 29.1 Å². The predicted octanol–water partition coefficient (Wildman–Crippen LogP) is 3.83. The number of rotatable bonds is 2. The molecule has 2 aliphatic heterocycles. The minimum absolute atomic E-state index is 0.153. The maximum Gasteiger partial charge on any atom is 0.241 e. The Morgan fingerprint density at radius 3 is 2.09 bits per heavy atom. The summed E-state index contributed by atoms with van der Waals surface area (Å²) in [5.41, 5.74) is -0.288. The molecule has 7 heteroatoms. The monoisotopic (exact) mass is 455 g/mol. The van der Waals surface area contributed by atoms with Crippen LogP contribution in [0.4, 0.5) is 10.1 Å². The summed E-state index contributed by atoms with van der Waals surface area (Å²) in [4.78, 5) is 55.8. The SMILES string of the molecule is Cc1ccc(N2C(=O)[C@H]3[C@@H](C2=O)C2(O[C@H]3c3cccc(F)c3)C(=O)c3ccccc3C2=O)cc1. The van der Waals surface area contributed by atoms with E-state index >= 15 is 0 Å². The molecule has 168 valence electrons. The first-order valence-electron chi connectivity index (χ1n) is 10.9. The summed E-state index contributed by atoms with van der Waals surface area (Å²) < 4.78 is 20.2. The van der Waals surface area contributed by atoms with Crippen LogP contribution in [0.1, 0.15) is 37.9 Å². The van der Waals surface area contributed by atoms with Crippen molar-refractivity contribution in [3.63, 3.8) is 0 Å². The van der Waals surface area contributed by atoms with E-state index < -0.39 is 52.7 Å². The third-order valence-corrected chi connectivity index (χ3v) is 6.99. The number of carbonyl (C=O) groups is 4. The van der Waals surface area contributed by atoms with Crippen LogP contribution < -0.4 is 4.90 Å². The number of anilines is 1. The number of amides is 2. The second kappa shape index (κ2) is 7.01. The third-order valence-electron chi connectivity index (χ3n) is 6.99. The number of imide groups is 1. The van der Waals surface area contributed by atoms with E-state index in [1.807, 2.05) is 6.92 Å². The molecule has 0 bridgehead atoms. The molecule has 0 aromatic heterocycles. The number of halogens is 1. The Morgan fingerprint density at radius 2 is 1.47 bits per heavy atom. The van der Waals surface area contributed by atoms with E-state index in [-0.39, 0.29) is 16.7 Å². The zero-order valence-electron chi connectivity index (χ0n) is 18.0. The summed E-state index contributed by atoms with van der Waals surface area (Å²) in [5.74, 6) is -5.62. The van der Waals surface area contributed by atoms with Crippen LogP contribution in [0.2, 0.25) is 0 Å². The summed E-state index contributed by atoms with van der Waals surface area (Å²) in [7, 11) is 0. The fourth-order valence-corrected chi connectivity index (χ4v) is 5.45. The van der Waals surface area contributed by atoms with Gasteiger partial charge in [0.05, 0.1) is 23.6 Å². The molecular weight excluding hydrogens is 437 g/mol. The van der Waals surface area contributed by atoms with Crippen LogP contribution >= 0.6 is 0 Å². The number of carbonyl (C=O) groups excluding carboxylic acids is 4. The molecule has 6 nitrogen and oxygen atoms in total. The van der Waals surface area contributed by atoms with Crippen LogP contribution in [0.15, 0.2) is 72.8 Å². The lowest BCUT2D eigenvalue weighted by Crippen LogP contribution is -2.51. The molecule has 3 atom stereocenters. The van der Waals surface area contributed by atoms with Gasteiger partial charge in [-0.3, -0.25) is 19.2 Å². The maximum atomic E-state index is 14.1. The number of ketones is 2. The number of aryl methyl sites for hydroxylation is 1. The van der Waals surface area contributed by atoms with Gasteiger partial charge in [0.2, 0.25) is 29.0 Å². The smallest absolute Gasteiger partial charge is 0.241 e. The van der Waals surface area contributed by atoms with Crippen LogP contribution in [0, 0.1) is 24.6 Å². The summed E-state index contributed by atoms with van der Waals surface area (Å²) in [6.07, 6.45) is -1.14. The van der Waals surface area contributed by atoms with Gasteiger partial charge in [-0.15, -0.1) is 0 Å². The molecule has 2 heterocycles. The van der Waals surface area contributed by atoms with E-state index in [1.165, 1.54) is 30.3 Å². The van der Waals surface area contributed by atoms with Gasteiger partial charge in [-0.25, -0.2) is 9.29 Å². The summed E-state index contributed by atoms with van der Waals surface area (Å²) >= 11 is 0. The Balaban J connectivity index is 1.55. The van der Waals surface area contributed by atoms with Crippen LogP contribution in [0.25, 0.3) is 0 Å². The van der Waals surface area contributed by atoms with Gasteiger partial charge in [-0.05, 0) is 36.8 Å². The zero-order chi connectivity index (χ0) is 23.8. The normalized spacial score (nSPS) is 24.8. The first-order chi connectivity index (χ1) is 16.3. The maximum absolute atomic E-state index is 14.1. The molecule has 2 saturated heterocycles. The van der Waals surface area contributed by atoms with Gasteiger partial charge in [0.25, 0.3) is 0 Å². The Morgan fingerprint density at radius 1 is 0.824 bits per heavy atom. The lowest BCUT2D eigenvalue weighted by molar-refractivity contribution is -0.127. The van der Waals surface area contributed by atoms with Crippen molar-refractivity contribution < 1.29 is 28.3 Å². The number of fused-ring (bicyclic) bond motifs is 3. The highest BCUT2D eigenvalue weighted by molar-refractivity contribution is 6.37. The highest BCUT2D eigenvalue weighted by atomic mass is 19.1. The number of ether oxygens (including phenoxy) is 1. The number of hydrogen-bond donors (Lipinski definition) is 0. The molecule has 3 aromatic carbocycles. The van der Waals surface area contributed by atoms with Crippen LogP contribution in [-0.4, -0.2) is 29.0 Å². The Kier molecular flexibility index (Phi) is 4.25. The lowest BCUT2D eigenvalue weighted by atomic mass is 9.77. The van der Waals surface area contributed by atoms with Crippen molar-refractivity contribution in [1.82, 2.24) is 0 Å². The zero-order valence-corrected chi connectivity index (χ0v) is 18.0. The predicted molar refractivity (Wildman–Crippen MR) is 119 cm³/mol. The molecular formula is C27H18FNO5. The number of hydrogen-bond acceptors (Lipinski definition) is 5. The lowest BCUT2D eigenvalue weighted by Gasteiger charge is -2.27. The summed E-state index contributed by atoms with van der Waals surface area (Å²) in [6, 6.07) is 18.6. The average Bonchev–Trinajstić information content (AvgIpc) is 3.40. The third kappa shape index (κ3) is 2.53. The van der Waals surface area contributed by atoms with Crippen molar-refractivity contribution in [1.29, 1.82) is 0 Å². The number of nitrogens with zero attached hydrogens (tertiary/aromatic N) is 1. The molecule has 0 radical (unpaired) electrons. The van der Waals surface area contributed by atoms with Crippen molar-refractivity contribution in [2.75, 3.05) is 4.90 Å². The van der Waals surface area contributed by atoms with E-state index in [1.54, 1.807) is 42.5 Å². The minimum atomic E-state index is -2.17. The van der Waals surface area contributed by atoms with Crippen molar-refractivity contribution in [3.05, 3.63) is 101 Å². The molecule has 1 spiro atoms. The van der Waals surface area contributed by atoms with E-state index in [9.17, 15) is 23.6 Å². The molecule has 0 N–H and O–H groups in total. The van der Waals surface area contributed by atoms with Gasteiger partial charge < -0.3 is 4.74 Å². The topological polar surface area (TPSA) is 80.8 Å². The van der Waals surface area contributed by atoms with Crippen molar-refractivity contribution in [2.24, 2.45) is 11.8 Å². The molecule has 0 unspecified atom stereocenters. The van der Waals surface area contributed by atoms with Crippen LogP contribution in [-0.2, 0) is 14.3 Å². The molecule has 2 amide bonds. The standard InChI is InChI=1S/C27H18FNO5/c1-14-9-11-17(12-10-14)29-25(32)20-21(26(29)33)27(34-22(20)15-5-4-6-16(28)13-15)23(30)18-7-2-3-8-19(18)24(27)31/h2-13,20-22H,1H3/t20-,21-,22-/m0/s1. The average molecular weight is 455 g/mol. The molecule has 3 aromatic rings. The highest BCUT2D eigenvalue weighted by Crippen LogP contribution is 2.57. The van der Waals surface area contributed by atoms with Crippen LogP contribution in [0.3, 0.4) is 0 Å². The molecule has 6 rings (SSSR count). The van der Waals surface area contributed by atoms with Gasteiger partial charge in [-0.2, -0.15) is 0 Å². The fraction of sp³-hybridized carbons (Fsp3) is 0.185. The number of Topliss-reactive ketones (excluding diaryl/α,β-unsaturated/α-hetero) is 2. The quantitative estimate of drug-likeness (QED) is 0.433. The number of benzene rings is 3. The molecule has 0 saturated carbocycles. The summed E-state index contributed by atoms with van der Waals surface area (Å²) in [6.45, 7) is 1.88. The Labute approximate surface area is 193 Å². The Hall–Kier alpha value is -3.97. The van der Waals surface area contributed by atoms with Crippen molar-refractivity contribution in [3.8, 4) is 0 Å². The fourth-order valence-electron chi connectivity index (χ4n) is 5.45. The molecule has 34 heavy (non-hydrogen) atoms. The van der Waals surface area contributed by atoms with Gasteiger partial charge in [-0.1, -0.05) is 54.1 Å².